The molecule has 0 saturated heterocycles. The first kappa shape index (κ1) is 17.3. The van der Waals surface area contributed by atoms with Crippen molar-refractivity contribution in [2.75, 3.05) is 19.8 Å². The van der Waals surface area contributed by atoms with Crippen LogP contribution in [0.15, 0.2) is 48.5 Å². The molecule has 0 fully saturated rings. The van der Waals surface area contributed by atoms with E-state index in [2.05, 4.69) is 0 Å². The van der Waals surface area contributed by atoms with Crippen LogP contribution in [0.5, 0.6) is 11.8 Å². The molecule has 6 rings (SSSR count). The molecule has 6 nitrogen and oxygen atoms in total. The first-order valence-electron chi connectivity index (χ1n) is 9.26. The molecule has 0 aliphatic heterocycles. The molecule has 2 bridgehead atoms. The van der Waals surface area contributed by atoms with E-state index in [1.165, 1.54) is 0 Å². The molecule has 1 aromatic heterocycles. The number of rotatable bonds is 4. The minimum absolute atomic E-state index is 0.233. The fourth-order valence-corrected chi connectivity index (χ4v) is 4.99. The standard InChI is InChI=1S/C22H21NO5/c24-9-22(10-25,11-26)23-20(27)18-16-12-5-1-2-6-13(12)17(19(18)21(23)28)15-8-4-3-7-14(15)16/h1-8,16-17,24-28H,9-11H2. The number of aliphatic hydroxyl groups excluding tert-OH is 3. The topological polar surface area (TPSA) is 106 Å². The maximum atomic E-state index is 11.1. The lowest BCUT2D eigenvalue weighted by Gasteiger charge is -2.40. The highest BCUT2D eigenvalue weighted by Gasteiger charge is 2.49. The second-order valence-electron chi connectivity index (χ2n) is 7.63. The van der Waals surface area contributed by atoms with E-state index in [1.54, 1.807) is 0 Å². The number of aliphatic hydroxyl groups is 3. The smallest absolute Gasteiger partial charge is 0.199 e. The third-order valence-electron chi connectivity index (χ3n) is 6.37. The Morgan fingerprint density at radius 1 is 0.643 bits per heavy atom. The Morgan fingerprint density at radius 2 is 0.964 bits per heavy atom. The average molecular weight is 379 g/mol. The van der Waals surface area contributed by atoms with Crippen molar-refractivity contribution in [3.05, 3.63) is 81.9 Å². The second-order valence-corrected chi connectivity index (χ2v) is 7.63. The molecular formula is C22H21NO5. The lowest BCUT2D eigenvalue weighted by molar-refractivity contribution is 0.00623. The Hall–Kier alpha value is -2.80. The fraction of sp³-hybridized carbons (Fsp3) is 0.273. The first-order chi connectivity index (χ1) is 13.6. The predicted octanol–water partition coefficient (Wildman–Crippen LogP) is 1.56. The third kappa shape index (κ3) is 1.87. The van der Waals surface area contributed by atoms with Gasteiger partial charge in [-0.1, -0.05) is 48.5 Å². The zero-order valence-electron chi connectivity index (χ0n) is 15.1. The highest BCUT2D eigenvalue weighted by Crippen LogP contribution is 2.61. The third-order valence-corrected chi connectivity index (χ3v) is 6.37. The van der Waals surface area contributed by atoms with Crippen molar-refractivity contribution in [1.29, 1.82) is 0 Å². The van der Waals surface area contributed by atoms with Gasteiger partial charge in [-0.05, 0) is 22.3 Å². The van der Waals surface area contributed by atoms with Crippen LogP contribution in [0.4, 0.5) is 0 Å². The lowest BCUT2D eigenvalue weighted by atomic mass is 9.62. The molecule has 28 heavy (non-hydrogen) atoms. The Kier molecular flexibility index (Phi) is 3.61. The number of benzene rings is 2. The normalized spacial score (nSPS) is 19.2. The van der Waals surface area contributed by atoms with Crippen LogP contribution < -0.4 is 0 Å². The van der Waals surface area contributed by atoms with Gasteiger partial charge in [-0.2, -0.15) is 0 Å². The van der Waals surface area contributed by atoms with Gasteiger partial charge < -0.3 is 25.5 Å². The summed E-state index contributed by atoms with van der Waals surface area (Å²) in [6, 6.07) is 15.9. The largest absolute Gasteiger partial charge is 0.494 e. The molecule has 3 aliphatic rings. The molecule has 5 N–H and O–H groups in total. The van der Waals surface area contributed by atoms with E-state index in [0.717, 1.165) is 26.8 Å². The van der Waals surface area contributed by atoms with Crippen LogP contribution in [-0.2, 0) is 5.54 Å². The van der Waals surface area contributed by atoms with Gasteiger partial charge in [0.25, 0.3) is 0 Å². The second kappa shape index (κ2) is 5.85. The van der Waals surface area contributed by atoms with E-state index < -0.39 is 25.4 Å². The molecule has 0 saturated carbocycles. The van der Waals surface area contributed by atoms with Crippen LogP contribution in [0.25, 0.3) is 0 Å². The summed E-state index contributed by atoms with van der Waals surface area (Å²) in [6.45, 7) is -1.91. The summed E-state index contributed by atoms with van der Waals surface area (Å²) in [4.78, 5) is 0. The maximum Gasteiger partial charge on any atom is 0.199 e. The minimum Gasteiger partial charge on any atom is -0.494 e. The molecule has 6 heteroatoms. The number of nitrogens with zero attached hydrogens (tertiary/aromatic N) is 1. The summed E-state index contributed by atoms with van der Waals surface area (Å²) in [7, 11) is 0. The van der Waals surface area contributed by atoms with Gasteiger partial charge in [-0.25, -0.2) is 0 Å². The molecular weight excluding hydrogens is 358 g/mol. The average Bonchev–Trinajstić information content (AvgIpc) is 3.02. The van der Waals surface area contributed by atoms with Gasteiger partial charge in [-0.15, -0.1) is 0 Å². The first-order valence-corrected chi connectivity index (χ1v) is 9.26. The van der Waals surface area contributed by atoms with Crippen LogP contribution in [0.3, 0.4) is 0 Å². The quantitative estimate of drug-likeness (QED) is 0.326. The molecule has 0 radical (unpaired) electrons. The van der Waals surface area contributed by atoms with Gasteiger partial charge >= 0.3 is 0 Å². The van der Waals surface area contributed by atoms with Gasteiger partial charge in [0, 0.05) is 23.0 Å². The van der Waals surface area contributed by atoms with Crippen LogP contribution in [0.1, 0.15) is 45.2 Å². The van der Waals surface area contributed by atoms with Crippen molar-refractivity contribution in [1.82, 2.24) is 4.57 Å². The van der Waals surface area contributed by atoms with Gasteiger partial charge in [0.15, 0.2) is 11.8 Å². The molecule has 3 aliphatic carbocycles. The number of aromatic nitrogens is 1. The Bertz CT molecular complexity index is 953. The molecule has 0 amide bonds. The van der Waals surface area contributed by atoms with Crippen LogP contribution in [0, 0.1) is 0 Å². The van der Waals surface area contributed by atoms with E-state index in [1.807, 2.05) is 48.5 Å². The van der Waals surface area contributed by atoms with Crippen molar-refractivity contribution in [2.24, 2.45) is 0 Å². The summed E-state index contributed by atoms with van der Waals surface area (Å²) in [6.07, 6.45) is 0. The SMILES string of the molecule is OCC(CO)(CO)n1c(O)c2c(c1O)C1c3ccccc3C2c2ccccc21. The van der Waals surface area contributed by atoms with Crippen LogP contribution in [0.2, 0.25) is 0 Å². The van der Waals surface area contributed by atoms with Gasteiger partial charge in [-0.3, -0.25) is 4.57 Å². The van der Waals surface area contributed by atoms with E-state index in [9.17, 15) is 25.5 Å². The van der Waals surface area contributed by atoms with Gasteiger partial charge in [0.1, 0.15) is 5.54 Å². The van der Waals surface area contributed by atoms with Gasteiger partial charge in [0.2, 0.25) is 0 Å². The Balaban J connectivity index is 1.87. The van der Waals surface area contributed by atoms with Crippen molar-refractivity contribution in [2.45, 2.75) is 17.4 Å². The molecule has 0 spiro atoms. The van der Waals surface area contributed by atoms with Crippen molar-refractivity contribution in [3.63, 3.8) is 0 Å². The Morgan fingerprint density at radius 3 is 1.25 bits per heavy atom. The molecule has 144 valence electrons. The summed E-state index contributed by atoms with van der Waals surface area (Å²) >= 11 is 0. The van der Waals surface area contributed by atoms with Crippen LogP contribution in [-0.4, -0.2) is 49.9 Å². The fourth-order valence-electron chi connectivity index (χ4n) is 4.99. The minimum atomic E-state index is -1.61. The lowest BCUT2D eigenvalue weighted by Crippen LogP contribution is -2.44. The summed E-state index contributed by atoms with van der Waals surface area (Å²) in [5.74, 6) is -1.01. The molecule has 0 atom stereocenters. The zero-order valence-corrected chi connectivity index (χ0v) is 15.1. The van der Waals surface area contributed by atoms with Gasteiger partial charge in [0.05, 0.1) is 19.8 Å². The summed E-state index contributed by atoms with van der Waals surface area (Å²) in [5.41, 5.74) is 3.78. The van der Waals surface area contributed by atoms with E-state index in [0.29, 0.717) is 11.1 Å². The summed E-state index contributed by atoms with van der Waals surface area (Å²) in [5, 5.41) is 51.9. The molecule has 2 aromatic carbocycles. The Labute approximate surface area is 161 Å². The summed E-state index contributed by atoms with van der Waals surface area (Å²) < 4.78 is 1.09. The van der Waals surface area contributed by atoms with Crippen LogP contribution >= 0.6 is 0 Å². The number of aromatic hydroxyl groups is 2. The number of hydrogen-bond donors (Lipinski definition) is 5. The zero-order chi connectivity index (χ0) is 19.6. The van der Waals surface area contributed by atoms with E-state index in [4.69, 9.17) is 0 Å². The highest BCUT2D eigenvalue weighted by molar-refractivity contribution is 5.72. The number of hydrogen-bond acceptors (Lipinski definition) is 5. The van der Waals surface area contributed by atoms with Crippen molar-refractivity contribution >= 4 is 0 Å². The molecule has 1 heterocycles. The van der Waals surface area contributed by atoms with Crippen molar-refractivity contribution in [3.8, 4) is 11.8 Å². The van der Waals surface area contributed by atoms with Crippen molar-refractivity contribution < 1.29 is 25.5 Å². The van der Waals surface area contributed by atoms with E-state index in [-0.39, 0.29) is 23.6 Å². The molecule has 3 aromatic rings. The highest BCUT2D eigenvalue weighted by atomic mass is 16.3. The predicted molar refractivity (Wildman–Crippen MR) is 102 cm³/mol. The molecule has 0 unspecified atom stereocenters. The monoisotopic (exact) mass is 379 g/mol. The van der Waals surface area contributed by atoms with E-state index >= 15 is 0 Å². The maximum absolute atomic E-state index is 11.1.